The van der Waals surface area contributed by atoms with Gasteiger partial charge in [0.05, 0.1) is 12.2 Å². The maximum atomic E-state index is 13.8. The van der Waals surface area contributed by atoms with Gasteiger partial charge in [-0.3, -0.25) is 9.59 Å². The van der Waals surface area contributed by atoms with E-state index in [2.05, 4.69) is 62.5 Å². The van der Waals surface area contributed by atoms with Crippen molar-refractivity contribution in [3.8, 4) is 0 Å². The fraction of sp³-hybridized carbons (Fsp3) is 0.514. The quantitative estimate of drug-likeness (QED) is 0.305. The van der Waals surface area contributed by atoms with Crippen molar-refractivity contribution in [3.05, 3.63) is 83.5 Å². The lowest BCUT2D eigenvalue weighted by atomic mass is 9.46. The molecule has 4 aliphatic carbocycles. The molecule has 45 heavy (non-hydrogen) atoms. The summed E-state index contributed by atoms with van der Waals surface area (Å²) >= 11 is 1.78. The van der Waals surface area contributed by atoms with Gasteiger partial charge < -0.3 is 25.0 Å². The number of Topliss-reactive ketones (excluding diaryl/α,β-unsaturated/α-hetero) is 1. The standard InChI is InChI=1S/C37H43NO6S/c1-4-38-25-6-5-7-27(17-25)45-21-22-8-10-23(11-9-22)34-43-32-18-29-28-13-12-24-16-26(40)14-15-35(24,2)33(28)30(41)19-36(29,3)37(32,44-34)31(42)20-39/h5-11,14-17,28-30,32-34,38-39,41H,4,12-13,18-21H2,1-3H3/t28-,29-,30-,32+,33+,34+,35-,36-,37+/m0/s1. The lowest BCUT2D eigenvalue weighted by molar-refractivity contribution is -0.201. The molecule has 0 aromatic heterocycles. The fourth-order valence-corrected chi connectivity index (χ4v) is 10.6. The Hall–Kier alpha value is -2.75. The summed E-state index contributed by atoms with van der Waals surface area (Å²) in [6, 6.07) is 16.6. The molecule has 5 aliphatic rings. The largest absolute Gasteiger partial charge is 0.393 e. The van der Waals surface area contributed by atoms with Crippen LogP contribution in [0.3, 0.4) is 0 Å². The average molecular weight is 630 g/mol. The van der Waals surface area contributed by atoms with Crippen LogP contribution in [-0.4, -0.2) is 52.7 Å². The number of carbonyl (C=O) groups is 2. The van der Waals surface area contributed by atoms with Crippen LogP contribution in [0.2, 0.25) is 0 Å². The van der Waals surface area contributed by atoms with Crippen LogP contribution in [0.1, 0.15) is 63.9 Å². The number of fused-ring (bicyclic) bond motifs is 7. The lowest BCUT2D eigenvalue weighted by Gasteiger charge is -2.59. The number of hydrogen-bond acceptors (Lipinski definition) is 8. The molecule has 0 spiro atoms. The molecule has 8 heteroatoms. The van der Waals surface area contributed by atoms with Gasteiger partial charge in [0.15, 0.2) is 23.5 Å². The summed E-state index contributed by atoms with van der Waals surface area (Å²) in [5.41, 5.74) is 1.76. The van der Waals surface area contributed by atoms with E-state index in [4.69, 9.17) is 9.47 Å². The molecule has 0 radical (unpaired) electrons. The number of nitrogens with one attached hydrogen (secondary N) is 1. The van der Waals surface area contributed by atoms with E-state index < -0.39 is 41.5 Å². The number of ketones is 2. The van der Waals surface area contributed by atoms with Gasteiger partial charge in [-0.1, -0.05) is 55.8 Å². The van der Waals surface area contributed by atoms with Gasteiger partial charge in [0, 0.05) is 45.2 Å². The highest BCUT2D eigenvalue weighted by Gasteiger charge is 2.75. The van der Waals surface area contributed by atoms with Crippen molar-refractivity contribution >= 4 is 29.0 Å². The van der Waals surface area contributed by atoms with E-state index in [-0.39, 0.29) is 29.3 Å². The first-order valence-electron chi connectivity index (χ1n) is 16.3. The Morgan fingerprint density at radius 1 is 1.16 bits per heavy atom. The lowest BCUT2D eigenvalue weighted by Crippen LogP contribution is -2.63. The van der Waals surface area contributed by atoms with Gasteiger partial charge in [0.1, 0.15) is 6.61 Å². The minimum Gasteiger partial charge on any atom is -0.393 e. The van der Waals surface area contributed by atoms with Crippen molar-refractivity contribution in [2.45, 2.75) is 81.2 Å². The molecule has 1 aliphatic heterocycles. The summed E-state index contributed by atoms with van der Waals surface area (Å²) in [6.07, 6.45) is 6.05. The molecule has 9 atom stereocenters. The molecule has 7 rings (SSSR count). The van der Waals surface area contributed by atoms with Gasteiger partial charge in [-0.15, -0.1) is 11.8 Å². The Morgan fingerprint density at radius 2 is 1.96 bits per heavy atom. The average Bonchev–Trinajstić information content (AvgIpc) is 3.53. The minimum absolute atomic E-state index is 0.00771. The molecular weight excluding hydrogens is 586 g/mol. The molecule has 7 nitrogen and oxygen atoms in total. The minimum atomic E-state index is -1.34. The van der Waals surface area contributed by atoms with Crippen molar-refractivity contribution < 1.29 is 29.3 Å². The third-order valence-corrected chi connectivity index (χ3v) is 12.7. The fourth-order valence-electron chi connectivity index (χ4n) is 9.67. The van der Waals surface area contributed by atoms with E-state index in [1.165, 1.54) is 10.5 Å². The van der Waals surface area contributed by atoms with Crippen LogP contribution in [0.15, 0.2) is 77.2 Å². The monoisotopic (exact) mass is 629 g/mol. The zero-order valence-electron chi connectivity index (χ0n) is 26.2. The van der Waals surface area contributed by atoms with E-state index >= 15 is 0 Å². The van der Waals surface area contributed by atoms with Gasteiger partial charge >= 0.3 is 0 Å². The molecular formula is C37H43NO6S. The maximum absolute atomic E-state index is 13.8. The maximum Gasteiger partial charge on any atom is 0.193 e. The topological polar surface area (TPSA) is 105 Å². The smallest absolute Gasteiger partial charge is 0.193 e. The number of benzene rings is 2. The molecule has 2 aromatic rings. The normalized spacial score (nSPS) is 38.2. The van der Waals surface area contributed by atoms with E-state index in [0.717, 1.165) is 42.0 Å². The number of ether oxygens (including phenoxy) is 2. The molecule has 3 saturated carbocycles. The van der Waals surface area contributed by atoms with Gasteiger partial charge in [-0.05, 0) is 80.4 Å². The van der Waals surface area contributed by atoms with E-state index in [1.807, 2.05) is 18.2 Å². The van der Waals surface area contributed by atoms with Crippen molar-refractivity contribution in [1.29, 1.82) is 0 Å². The van der Waals surface area contributed by atoms with Crippen LogP contribution in [0.4, 0.5) is 5.69 Å². The zero-order valence-corrected chi connectivity index (χ0v) is 27.0. The Labute approximate surface area is 269 Å². The van der Waals surface area contributed by atoms with Crippen LogP contribution < -0.4 is 5.32 Å². The van der Waals surface area contributed by atoms with Crippen LogP contribution >= 0.6 is 11.8 Å². The predicted molar refractivity (Wildman–Crippen MR) is 174 cm³/mol. The van der Waals surface area contributed by atoms with Crippen LogP contribution in [0.25, 0.3) is 0 Å². The van der Waals surface area contributed by atoms with E-state index in [0.29, 0.717) is 12.8 Å². The Bertz CT molecular complexity index is 1550. The summed E-state index contributed by atoms with van der Waals surface area (Å²) in [6.45, 7) is 6.53. The number of rotatable bonds is 8. The summed E-state index contributed by atoms with van der Waals surface area (Å²) < 4.78 is 13.3. The molecule has 0 amide bonds. The van der Waals surface area contributed by atoms with Gasteiger partial charge in [0.25, 0.3) is 0 Å². The first kappa shape index (κ1) is 30.9. The molecule has 1 saturated heterocycles. The number of carbonyl (C=O) groups excluding carboxylic acids is 2. The first-order valence-corrected chi connectivity index (χ1v) is 17.3. The molecule has 0 unspecified atom stereocenters. The molecule has 4 fully saturated rings. The van der Waals surface area contributed by atoms with Crippen molar-refractivity contribution in [1.82, 2.24) is 0 Å². The SMILES string of the molecule is CCNc1cccc(SCc2ccc([C@@H]3O[C@@H]4C[C@H]5[C@@H]6CCC7=CC(=O)C=C[C@]7(C)[C@H]6[C@@H](O)C[C@]5(C)[C@]4(C(=O)CO)O3)cc2)c1. The van der Waals surface area contributed by atoms with Crippen LogP contribution in [0, 0.1) is 28.6 Å². The first-order chi connectivity index (χ1) is 21.6. The van der Waals surface area contributed by atoms with Gasteiger partial charge in [-0.25, -0.2) is 0 Å². The highest BCUT2D eigenvalue weighted by molar-refractivity contribution is 7.98. The third-order valence-electron chi connectivity index (χ3n) is 11.7. The van der Waals surface area contributed by atoms with Gasteiger partial charge in [0.2, 0.25) is 0 Å². The van der Waals surface area contributed by atoms with E-state index in [1.54, 1.807) is 23.9 Å². The molecule has 0 bridgehead atoms. The van der Waals surface area contributed by atoms with Crippen LogP contribution in [0.5, 0.6) is 0 Å². The van der Waals surface area contributed by atoms with Gasteiger partial charge in [-0.2, -0.15) is 0 Å². The number of aliphatic hydroxyl groups is 2. The highest BCUT2D eigenvalue weighted by Crippen LogP contribution is 2.70. The molecule has 2 aromatic carbocycles. The second kappa shape index (κ2) is 11.5. The van der Waals surface area contributed by atoms with Crippen LogP contribution in [-0.2, 0) is 24.8 Å². The highest BCUT2D eigenvalue weighted by atomic mass is 32.2. The number of anilines is 1. The summed E-state index contributed by atoms with van der Waals surface area (Å²) in [5.74, 6) is 0.594. The third kappa shape index (κ3) is 4.78. The molecule has 1 heterocycles. The summed E-state index contributed by atoms with van der Waals surface area (Å²) in [7, 11) is 0. The Balaban J connectivity index is 1.11. The Morgan fingerprint density at radius 3 is 2.71 bits per heavy atom. The number of thioether (sulfide) groups is 1. The molecule has 238 valence electrons. The summed E-state index contributed by atoms with van der Waals surface area (Å²) in [5, 5.41) is 25.4. The number of aliphatic hydroxyl groups excluding tert-OH is 2. The number of allylic oxidation sites excluding steroid dienone is 4. The number of hydrogen-bond donors (Lipinski definition) is 3. The second-order valence-corrected chi connectivity index (χ2v) is 15.0. The van der Waals surface area contributed by atoms with Crippen molar-refractivity contribution in [3.63, 3.8) is 0 Å². The van der Waals surface area contributed by atoms with Crippen molar-refractivity contribution in [2.75, 3.05) is 18.5 Å². The Kier molecular flexibility index (Phi) is 7.89. The predicted octanol–water partition coefficient (Wildman–Crippen LogP) is 6.01. The second-order valence-electron chi connectivity index (χ2n) is 13.9. The van der Waals surface area contributed by atoms with Crippen molar-refractivity contribution in [2.24, 2.45) is 28.6 Å². The summed E-state index contributed by atoms with van der Waals surface area (Å²) in [4.78, 5) is 27.2. The zero-order chi connectivity index (χ0) is 31.6. The molecule has 3 N–H and O–H groups in total. The van der Waals surface area contributed by atoms with E-state index in [9.17, 15) is 19.8 Å².